The summed E-state index contributed by atoms with van der Waals surface area (Å²) in [6.07, 6.45) is 1.54. The molecule has 0 saturated heterocycles. The fourth-order valence-electron chi connectivity index (χ4n) is 2.69. The molecule has 28 heavy (non-hydrogen) atoms. The fraction of sp³-hybridized carbons (Fsp3) is 0.250. The van der Waals surface area contributed by atoms with Crippen molar-refractivity contribution in [3.8, 4) is 11.5 Å². The molecule has 0 radical (unpaired) electrons. The summed E-state index contributed by atoms with van der Waals surface area (Å²) in [4.78, 5) is 20.2. The number of aromatic nitrogens is 2. The van der Waals surface area contributed by atoms with E-state index in [1.54, 1.807) is 13.2 Å². The number of halogens is 1. The summed E-state index contributed by atoms with van der Waals surface area (Å²) in [5.74, 6) is 1.67. The summed E-state index contributed by atoms with van der Waals surface area (Å²) in [7, 11) is 1.57. The van der Waals surface area contributed by atoms with Gasteiger partial charge in [-0.25, -0.2) is 9.97 Å². The molecule has 3 aromatic rings. The van der Waals surface area contributed by atoms with Gasteiger partial charge in [-0.2, -0.15) is 0 Å². The highest BCUT2D eigenvalue weighted by molar-refractivity contribution is 9.10. The molecule has 0 aliphatic rings. The maximum Gasteiger partial charge on any atom is 0.257 e. The number of fused-ring (bicyclic) bond motifs is 1. The lowest BCUT2D eigenvalue weighted by Crippen LogP contribution is -2.28. The van der Waals surface area contributed by atoms with Crippen LogP contribution in [0.2, 0.25) is 0 Å². The fourth-order valence-corrected chi connectivity index (χ4v) is 3.05. The molecular formula is C20H21BrN4O3. The van der Waals surface area contributed by atoms with E-state index >= 15 is 0 Å². The van der Waals surface area contributed by atoms with Gasteiger partial charge in [-0.1, -0.05) is 22.0 Å². The first-order valence-electron chi connectivity index (χ1n) is 8.81. The molecule has 7 nitrogen and oxygen atoms in total. The second-order valence-corrected chi connectivity index (χ2v) is 6.88. The van der Waals surface area contributed by atoms with E-state index in [-0.39, 0.29) is 12.5 Å². The molecule has 0 atom stereocenters. The Hall–Kier alpha value is -2.87. The van der Waals surface area contributed by atoms with Crippen LogP contribution in [0.4, 0.5) is 5.82 Å². The van der Waals surface area contributed by atoms with Gasteiger partial charge in [0.1, 0.15) is 12.1 Å². The number of rotatable bonds is 8. The zero-order valence-electron chi connectivity index (χ0n) is 15.7. The van der Waals surface area contributed by atoms with Crippen molar-refractivity contribution in [2.24, 2.45) is 0 Å². The van der Waals surface area contributed by atoms with Gasteiger partial charge in [0.15, 0.2) is 18.1 Å². The van der Waals surface area contributed by atoms with E-state index in [2.05, 4.69) is 36.5 Å². The van der Waals surface area contributed by atoms with Crippen molar-refractivity contribution in [1.82, 2.24) is 15.3 Å². The van der Waals surface area contributed by atoms with Crippen molar-refractivity contribution in [3.05, 3.63) is 52.8 Å². The summed E-state index contributed by atoms with van der Waals surface area (Å²) in [5, 5.41) is 6.96. The number of hydrogen-bond donors (Lipinski definition) is 2. The molecule has 0 aliphatic carbocycles. The summed E-state index contributed by atoms with van der Waals surface area (Å²) < 4.78 is 11.9. The molecule has 0 bridgehead atoms. The number of benzene rings is 2. The Morgan fingerprint density at radius 2 is 2.00 bits per heavy atom. The van der Waals surface area contributed by atoms with E-state index in [4.69, 9.17) is 9.47 Å². The largest absolute Gasteiger partial charge is 0.493 e. The quantitative estimate of drug-likeness (QED) is 0.552. The van der Waals surface area contributed by atoms with Gasteiger partial charge in [0, 0.05) is 22.9 Å². The normalized spacial score (nSPS) is 10.5. The van der Waals surface area contributed by atoms with Gasteiger partial charge in [0.2, 0.25) is 0 Å². The van der Waals surface area contributed by atoms with Gasteiger partial charge in [-0.05, 0) is 42.8 Å². The van der Waals surface area contributed by atoms with Crippen LogP contribution < -0.4 is 20.1 Å². The maximum absolute atomic E-state index is 11.6. The van der Waals surface area contributed by atoms with Gasteiger partial charge < -0.3 is 20.1 Å². The first-order chi connectivity index (χ1) is 13.6. The minimum atomic E-state index is -0.169. The molecule has 8 heteroatoms. The number of anilines is 1. The van der Waals surface area contributed by atoms with Gasteiger partial charge in [-0.3, -0.25) is 4.79 Å². The van der Waals surface area contributed by atoms with Crippen molar-refractivity contribution < 1.29 is 14.3 Å². The number of nitrogens with one attached hydrogen (secondary N) is 2. The highest BCUT2D eigenvalue weighted by Gasteiger charge is 2.09. The van der Waals surface area contributed by atoms with Crippen LogP contribution in [0.5, 0.6) is 11.5 Å². The molecule has 0 unspecified atom stereocenters. The Bertz CT molecular complexity index is 981. The molecular weight excluding hydrogens is 424 g/mol. The van der Waals surface area contributed by atoms with Crippen LogP contribution in [-0.4, -0.2) is 36.1 Å². The Labute approximate surface area is 171 Å². The smallest absolute Gasteiger partial charge is 0.257 e. The third-order valence-corrected chi connectivity index (χ3v) is 4.51. The summed E-state index contributed by atoms with van der Waals surface area (Å²) in [6.45, 7) is 2.92. The van der Waals surface area contributed by atoms with E-state index in [1.807, 2.05) is 37.3 Å². The molecule has 1 heterocycles. The van der Waals surface area contributed by atoms with Crippen LogP contribution in [0, 0.1) is 0 Å². The average Bonchev–Trinajstić information content (AvgIpc) is 2.71. The number of carbonyl (C=O) groups is 1. The molecule has 2 N–H and O–H groups in total. The topological polar surface area (TPSA) is 85.4 Å². The standard InChI is InChI=1S/C20H21BrN4O3/c1-3-22-19(26)11-28-17-7-4-13(8-18(17)27-2)10-23-20-15-9-14(21)5-6-16(15)24-12-25-20/h4-9,12H,3,10-11H2,1-2H3,(H,22,26)(H,23,24,25). The van der Waals surface area contributed by atoms with Crippen molar-refractivity contribution in [1.29, 1.82) is 0 Å². The number of carbonyl (C=O) groups excluding carboxylic acids is 1. The van der Waals surface area contributed by atoms with Gasteiger partial charge in [0.25, 0.3) is 5.91 Å². The van der Waals surface area contributed by atoms with E-state index in [1.165, 1.54) is 6.33 Å². The zero-order chi connectivity index (χ0) is 19.9. The SMILES string of the molecule is CCNC(=O)COc1ccc(CNc2ncnc3ccc(Br)cc23)cc1OC. The van der Waals surface area contributed by atoms with Crippen LogP contribution in [0.25, 0.3) is 10.9 Å². The second-order valence-electron chi connectivity index (χ2n) is 5.96. The second kappa shape index (κ2) is 9.36. The highest BCUT2D eigenvalue weighted by Crippen LogP contribution is 2.29. The first-order valence-corrected chi connectivity index (χ1v) is 9.60. The first kappa shape index (κ1) is 19.9. The lowest BCUT2D eigenvalue weighted by molar-refractivity contribution is -0.123. The minimum Gasteiger partial charge on any atom is -0.493 e. The number of nitrogens with zero attached hydrogens (tertiary/aromatic N) is 2. The van der Waals surface area contributed by atoms with Crippen molar-refractivity contribution in [2.45, 2.75) is 13.5 Å². The molecule has 0 aliphatic heterocycles. The zero-order valence-corrected chi connectivity index (χ0v) is 17.2. The Morgan fingerprint density at radius 3 is 2.79 bits per heavy atom. The number of likely N-dealkylation sites (N-methyl/N-ethyl adjacent to an activating group) is 1. The third kappa shape index (κ3) is 4.89. The molecule has 2 aromatic carbocycles. The van der Waals surface area contributed by atoms with E-state index in [0.29, 0.717) is 24.6 Å². The van der Waals surface area contributed by atoms with Crippen LogP contribution in [-0.2, 0) is 11.3 Å². The van der Waals surface area contributed by atoms with E-state index < -0.39 is 0 Å². The predicted molar refractivity (Wildman–Crippen MR) is 112 cm³/mol. The Kier molecular flexibility index (Phi) is 6.65. The van der Waals surface area contributed by atoms with Crippen LogP contribution in [0.15, 0.2) is 47.2 Å². The van der Waals surface area contributed by atoms with E-state index in [9.17, 15) is 4.79 Å². The van der Waals surface area contributed by atoms with Crippen LogP contribution >= 0.6 is 15.9 Å². The molecule has 0 saturated carbocycles. The highest BCUT2D eigenvalue weighted by atomic mass is 79.9. The van der Waals surface area contributed by atoms with Gasteiger partial charge in [-0.15, -0.1) is 0 Å². The predicted octanol–water partition coefficient (Wildman–Crippen LogP) is 3.53. The van der Waals surface area contributed by atoms with E-state index in [0.717, 1.165) is 26.8 Å². The van der Waals surface area contributed by atoms with Crippen molar-refractivity contribution in [3.63, 3.8) is 0 Å². The van der Waals surface area contributed by atoms with Crippen molar-refractivity contribution >= 4 is 38.6 Å². The van der Waals surface area contributed by atoms with Crippen LogP contribution in [0.3, 0.4) is 0 Å². The van der Waals surface area contributed by atoms with Crippen molar-refractivity contribution in [2.75, 3.05) is 25.6 Å². The molecule has 146 valence electrons. The Morgan fingerprint density at radius 1 is 1.14 bits per heavy atom. The number of ether oxygens (including phenoxy) is 2. The summed E-state index contributed by atoms with van der Waals surface area (Å²) in [5.41, 5.74) is 1.86. The summed E-state index contributed by atoms with van der Waals surface area (Å²) >= 11 is 3.48. The third-order valence-electron chi connectivity index (χ3n) is 4.02. The Balaban J connectivity index is 1.71. The lowest BCUT2D eigenvalue weighted by atomic mass is 10.2. The molecule has 0 spiro atoms. The molecule has 3 rings (SSSR count). The minimum absolute atomic E-state index is 0.0520. The van der Waals surface area contributed by atoms with Gasteiger partial charge >= 0.3 is 0 Å². The number of hydrogen-bond acceptors (Lipinski definition) is 6. The number of methoxy groups -OCH3 is 1. The molecule has 1 amide bonds. The lowest BCUT2D eigenvalue weighted by Gasteiger charge is -2.13. The van der Waals surface area contributed by atoms with Crippen LogP contribution in [0.1, 0.15) is 12.5 Å². The maximum atomic E-state index is 11.6. The van der Waals surface area contributed by atoms with Gasteiger partial charge in [0.05, 0.1) is 12.6 Å². The molecule has 1 aromatic heterocycles. The monoisotopic (exact) mass is 444 g/mol. The molecule has 0 fully saturated rings. The summed E-state index contributed by atoms with van der Waals surface area (Å²) in [6, 6.07) is 11.5. The number of amides is 1. The average molecular weight is 445 g/mol.